The molecule has 5 nitrogen and oxygen atoms in total. The quantitative estimate of drug-likeness (QED) is 0.772. The van der Waals surface area contributed by atoms with E-state index in [1.807, 2.05) is 0 Å². The molecular weight excluding hydrogens is 290 g/mol. The average Bonchev–Trinajstić information content (AvgIpc) is 3.22. The van der Waals surface area contributed by atoms with E-state index >= 15 is 0 Å². The van der Waals surface area contributed by atoms with E-state index in [0.717, 1.165) is 12.8 Å². The topological polar surface area (TPSA) is 74.7 Å². The van der Waals surface area contributed by atoms with E-state index in [9.17, 15) is 13.2 Å². The molecule has 0 heterocycles. The number of hydrogen-bond acceptors (Lipinski definition) is 3. The van der Waals surface area contributed by atoms with E-state index in [4.69, 9.17) is 11.5 Å². The monoisotopic (exact) mass is 307 g/mol. The molecule has 1 fully saturated rings. The molecular formula is C15H17NO4S. The van der Waals surface area contributed by atoms with E-state index in [2.05, 4.69) is 5.92 Å². The molecule has 0 unspecified atom stereocenters. The fourth-order valence-electron chi connectivity index (χ4n) is 2.04. The van der Waals surface area contributed by atoms with Crippen molar-refractivity contribution in [3.05, 3.63) is 29.8 Å². The molecule has 21 heavy (non-hydrogen) atoms. The van der Waals surface area contributed by atoms with Crippen LogP contribution in [0.5, 0.6) is 0 Å². The second-order valence-corrected chi connectivity index (χ2v) is 7.10. The van der Waals surface area contributed by atoms with Gasteiger partial charge in [0.2, 0.25) is 10.0 Å². The molecule has 0 saturated heterocycles. The molecule has 1 saturated carbocycles. The fourth-order valence-corrected chi connectivity index (χ4v) is 3.47. The van der Waals surface area contributed by atoms with Crippen LogP contribution in [0.3, 0.4) is 0 Å². The summed E-state index contributed by atoms with van der Waals surface area (Å²) >= 11 is 0. The van der Waals surface area contributed by atoms with Crippen molar-refractivity contribution in [3.8, 4) is 12.3 Å². The Labute approximate surface area is 124 Å². The fraction of sp³-hybridized carbons (Fsp3) is 0.400. The van der Waals surface area contributed by atoms with Crippen LogP contribution in [0.25, 0.3) is 0 Å². The normalized spacial score (nSPS) is 14.9. The zero-order valence-electron chi connectivity index (χ0n) is 11.5. The number of carbonyl (C=O) groups is 1. The molecule has 1 aromatic carbocycles. The molecule has 1 aliphatic carbocycles. The van der Waals surface area contributed by atoms with Gasteiger partial charge in [-0.15, -0.1) is 6.42 Å². The summed E-state index contributed by atoms with van der Waals surface area (Å²) in [5.74, 6) is 1.83. The Morgan fingerprint density at radius 2 is 1.95 bits per heavy atom. The molecule has 6 heteroatoms. The smallest absolute Gasteiger partial charge is 0.307 e. The number of benzene rings is 1. The molecule has 0 bridgehead atoms. The van der Waals surface area contributed by atoms with Gasteiger partial charge in [-0.2, -0.15) is 4.31 Å². The molecule has 1 aliphatic rings. The minimum Gasteiger partial charge on any atom is -0.481 e. The predicted octanol–water partition coefficient (Wildman–Crippen LogP) is 1.35. The Morgan fingerprint density at radius 3 is 2.43 bits per heavy atom. The SMILES string of the molecule is C#CCN(CC1CC1)S(=O)(=O)c1ccc(CC(=O)O)cc1. The second kappa shape index (κ2) is 6.29. The summed E-state index contributed by atoms with van der Waals surface area (Å²) in [7, 11) is -3.62. The first kappa shape index (κ1) is 15.5. The van der Waals surface area contributed by atoms with Gasteiger partial charge in [-0.3, -0.25) is 4.79 Å². The summed E-state index contributed by atoms with van der Waals surface area (Å²) in [6.45, 7) is 0.499. The average molecular weight is 307 g/mol. The summed E-state index contributed by atoms with van der Waals surface area (Å²) in [4.78, 5) is 10.8. The highest BCUT2D eigenvalue weighted by Crippen LogP contribution is 2.31. The maximum absolute atomic E-state index is 12.5. The van der Waals surface area contributed by atoms with Crippen LogP contribution in [0, 0.1) is 18.3 Å². The Kier molecular flexibility index (Phi) is 4.66. The minimum atomic E-state index is -3.62. The van der Waals surface area contributed by atoms with Gasteiger partial charge in [-0.1, -0.05) is 18.1 Å². The summed E-state index contributed by atoms with van der Waals surface area (Å²) in [6, 6.07) is 5.91. The van der Waals surface area contributed by atoms with Crippen molar-refractivity contribution in [2.24, 2.45) is 5.92 Å². The Bertz CT molecular complexity index is 654. The lowest BCUT2D eigenvalue weighted by atomic mass is 10.2. The van der Waals surface area contributed by atoms with Crippen LogP contribution in [0.2, 0.25) is 0 Å². The van der Waals surface area contributed by atoms with Crippen LogP contribution >= 0.6 is 0 Å². The molecule has 0 amide bonds. The third-order valence-corrected chi connectivity index (χ3v) is 5.17. The number of aliphatic carboxylic acids is 1. The first-order valence-electron chi connectivity index (χ1n) is 6.68. The number of carboxylic acid groups (broad SMARTS) is 1. The van der Waals surface area contributed by atoms with Gasteiger partial charge < -0.3 is 5.11 Å². The van der Waals surface area contributed by atoms with Gasteiger partial charge in [0.1, 0.15) is 0 Å². The van der Waals surface area contributed by atoms with Crippen molar-refractivity contribution < 1.29 is 18.3 Å². The van der Waals surface area contributed by atoms with Crippen LogP contribution < -0.4 is 0 Å². The summed E-state index contributed by atoms with van der Waals surface area (Å²) in [5, 5.41) is 8.71. The van der Waals surface area contributed by atoms with Crippen LogP contribution in [0.4, 0.5) is 0 Å². The van der Waals surface area contributed by atoms with Gasteiger partial charge in [0.05, 0.1) is 17.9 Å². The number of rotatable bonds is 7. The van der Waals surface area contributed by atoms with E-state index in [1.54, 1.807) is 0 Å². The van der Waals surface area contributed by atoms with E-state index in [-0.39, 0.29) is 17.9 Å². The standard InChI is InChI=1S/C15H17NO4S/c1-2-9-16(11-13-3-4-13)21(19,20)14-7-5-12(6-8-14)10-15(17)18/h1,5-8,13H,3-4,9-11H2,(H,17,18). The molecule has 1 N–H and O–H groups in total. The number of sulfonamides is 1. The maximum atomic E-state index is 12.5. The summed E-state index contributed by atoms with van der Waals surface area (Å²) in [5.41, 5.74) is 0.562. The van der Waals surface area contributed by atoms with E-state index in [0.29, 0.717) is 18.0 Å². The molecule has 112 valence electrons. The van der Waals surface area contributed by atoms with Crippen molar-refractivity contribution in [1.29, 1.82) is 0 Å². The minimum absolute atomic E-state index is 0.0513. The van der Waals surface area contributed by atoms with Crippen molar-refractivity contribution in [3.63, 3.8) is 0 Å². The molecule has 0 radical (unpaired) electrons. The van der Waals surface area contributed by atoms with Gasteiger partial charge in [-0.05, 0) is 36.5 Å². The first-order chi connectivity index (χ1) is 9.93. The number of nitrogens with zero attached hydrogens (tertiary/aromatic N) is 1. The lowest BCUT2D eigenvalue weighted by Crippen LogP contribution is -2.33. The summed E-state index contributed by atoms with van der Waals surface area (Å²) < 4.78 is 26.4. The third kappa shape index (κ3) is 4.06. The Morgan fingerprint density at radius 1 is 1.33 bits per heavy atom. The van der Waals surface area contributed by atoms with Gasteiger partial charge >= 0.3 is 5.97 Å². The highest BCUT2D eigenvalue weighted by molar-refractivity contribution is 7.89. The molecule has 2 rings (SSSR count). The van der Waals surface area contributed by atoms with Gasteiger partial charge in [0.25, 0.3) is 0 Å². The zero-order valence-corrected chi connectivity index (χ0v) is 12.3. The number of terminal acetylenes is 1. The molecule has 0 spiro atoms. The van der Waals surface area contributed by atoms with E-state index < -0.39 is 16.0 Å². The van der Waals surface area contributed by atoms with Crippen LogP contribution in [0.15, 0.2) is 29.2 Å². The molecule has 0 atom stereocenters. The van der Waals surface area contributed by atoms with Crippen molar-refractivity contribution in [2.75, 3.05) is 13.1 Å². The first-order valence-corrected chi connectivity index (χ1v) is 8.12. The number of carboxylic acids is 1. The van der Waals surface area contributed by atoms with E-state index in [1.165, 1.54) is 28.6 Å². The maximum Gasteiger partial charge on any atom is 0.307 e. The molecule has 0 aliphatic heterocycles. The highest BCUT2D eigenvalue weighted by Gasteiger charge is 2.31. The van der Waals surface area contributed by atoms with Gasteiger partial charge in [-0.25, -0.2) is 8.42 Å². The van der Waals surface area contributed by atoms with Crippen LogP contribution in [0.1, 0.15) is 18.4 Å². The van der Waals surface area contributed by atoms with Crippen LogP contribution in [-0.2, 0) is 21.2 Å². The van der Waals surface area contributed by atoms with Gasteiger partial charge in [0.15, 0.2) is 0 Å². The zero-order chi connectivity index (χ0) is 15.5. The predicted molar refractivity (Wildman–Crippen MR) is 78.1 cm³/mol. The van der Waals surface area contributed by atoms with Crippen molar-refractivity contribution in [2.45, 2.75) is 24.2 Å². The third-order valence-electron chi connectivity index (χ3n) is 3.34. The second-order valence-electron chi connectivity index (χ2n) is 5.16. The Balaban J connectivity index is 2.20. The summed E-state index contributed by atoms with van der Waals surface area (Å²) in [6.07, 6.45) is 7.20. The number of hydrogen-bond donors (Lipinski definition) is 1. The largest absolute Gasteiger partial charge is 0.481 e. The van der Waals surface area contributed by atoms with Crippen molar-refractivity contribution >= 4 is 16.0 Å². The lowest BCUT2D eigenvalue weighted by molar-refractivity contribution is -0.136. The van der Waals surface area contributed by atoms with Gasteiger partial charge in [0, 0.05) is 6.54 Å². The Hall–Kier alpha value is -1.84. The van der Waals surface area contributed by atoms with Crippen LogP contribution in [-0.4, -0.2) is 36.9 Å². The molecule has 0 aromatic heterocycles. The van der Waals surface area contributed by atoms with Crippen molar-refractivity contribution in [1.82, 2.24) is 4.31 Å². The highest BCUT2D eigenvalue weighted by atomic mass is 32.2. The molecule has 1 aromatic rings. The lowest BCUT2D eigenvalue weighted by Gasteiger charge is -2.19.